The highest BCUT2D eigenvalue weighted by atomic mass is 32.2. The summed E-state index contributed by atoms with van der Waals surface area (Å²) >= 11 is 0. The number of rotatable bonds is 3. The minimum atomic E-state index is -4.48. The number of halogens is 3. The predicted molar refractivity (Wildman–Crippen MR) is 97.2 cm³/mol. The molecule has 0 aromatic heterocycles. The van der Waals surface area contributed by atoms with E-state index in [-0.39, 0.29) is 10.6 Å². The molecule has 4 nitrogen and oxygen atoms in total. The van der Waals surface area contributed by atoms with Gasteiger partial charge in [0.2, 0.25) is 0 Å². The van der Waals surface area contributed by atoms with Gasteiger partial charge in [-0.25, -0.2) is 8.42 Å². The minimum Gasteiger partial charge on any atom is -0.483 e. The molecule has 144 valence electrons. The summed E-state index contributed by atoms with van der Waals surface area (Å²) < 4.78 is 70.5. The highest BCUT2D eigenvalue weighted by molar-refractivity contribution is 7.92. The van der Waals surface area contributed by atoms with Crippen molar-refractivity contribution in [1.29, 1.82) is 0 Å². The molecule has 0 bridgehead atoms. The van der Waals surface area contributed by atoms with E-state index in [1.807, 2.05) is 19.9 Å². The Morgan fingerprint density at radius 1 is 1.04 bits per heavy atom. The molecular formula is C19H18F3NO3S. The Labute approximate surface area is 155 Å². The summed E-state index contributed by atoms with van der Waals surface area (Å²) in [6.45, 7) is 3.77. The zero-order valence-electron chi connectivity index (χ0n) is 14.9. The maximum atomic E-state index is 12.9. The third-order valence-corrected chi connectivity index (χ3v) is 6.02. The lowest BCUT2D eigenvalue weighted by Gasteiger charge is -2.28. The lowest BCUT2D eigenvalue weighted by Crippen LogP contribution is -2.28. The van der Waals surface area contributed by atoms with E-state index in [9.17, 15) is 21.6 Å². The van der Waals surface area contributed by atoms with Gasteiger partial charge in [0.15, 0.2) is 0 Å². The summed E-state index contributed by atoms with van der Waals surface area (Å²) in [6, 6.07) is 8.45. The highest BCUT2D eigenvalue weighted by Crippen LogP contribution is 2.34. The molecule has 27 heavy (non-hydrogen) atoms. The van der Waals surface area contributed by atoms with Crippen LogP contribution in [0.4, 0.5) is 18.9 Å². The third kappa shape index (κ3) is 3.80. The van der Waals surface area contributed by atoms with Gasteiger partial charge in [0, 0.05) is 12.6 Å². The average Bonchev–Trinajstić information content (AvgIpc) is 2.59. The number of hydrogen-bond acceptors (Lipinski definition) is 3. The van der Waals surface area contributed by atoms with Gasteiger partial charge in [-0.3, -0.25) is 4.31 Å². The molecule has 3 rings (SSSR count). The van der Waals surface area contributed by atoms with Crippen molar-refractivity contribution >= 4 is 21.8 Å². The maximum Gasteiger partial charge on any atom is 0.416 e. The predicted octanol–water partition coefficient (Wildman–Crippen LogP) is 4.71. The Kier molecular flexibility index (Phi) is 4.50. The van der Waals surface area contributed by atoms with Crippen LogP contribution < -0.4 is 9.04 Å². The van der Waals surface area contributed by atoms with Crippen LogP contribution in [0.3, 0.4) is 0 Å². The summed E-state index contributed by atoms with van der Waals surface area (Å²) in [6.07, 6.45) is -0.865. The normalized spacial score (nSPS) is 15.8. The van der Waals surface area contributed by atoms with Crippen molar-refractivity contribution in [1.82, 2.24) is 0 Å². The van der Waals surface area contributed by atoms with E-state index >= 15 is 0 Å². The van der Waals surface area contributed by atoms with E-state index in [2.05, 4.69) is 0 Å². The summed E-state index contributed by atoms with van der Waals surface area (Å²) in [5.74, 6) is 0.568. The van der Waals surface area contributed by atoms with Gasteiger partial charge in [-0.05, 0) is 62.4 Å². The number of anilines is 1. The first kappa shape index (κ1) is 19.3. The van der Waals surface area contributed by atoms with E-state index in [1.54, 1.807) is 12.1 Å². The highest BCUT2D eigenvalue weighted by Gasteiger charge is 2.31. The number of benzene rings is 2. The smallest absolute Gasteiger partial charge is 0.416 e. The van der Waals surface area contributed by atoms with Gasteiger partial charge < -0.3 is 4.74 Å². The molecule has 2 aromatic rings. The SMILES string of the molecule is CN(c1ccc(C(F)(F)F)cc1)S(=O)(=O)c1ccc2c(c1)C=CC(C)(C)O2. The standard InChI is InChI=1S/C19H18F3NO3S/c1-18(2)11-10-13-12-16(8-9-17(13)26-18)27(24,25)23(3)15-6-4-14(5-7-15)19(20,21)22/h4-12H,1-3H3. The van der Waals surface area contributed by atoms with Crippen molar-refractivity contribution in [2.75, 3.05) is 11.4 Å². The molecule has 0 saturated heterocycles. The molecule has 1 aliphatic rings. The molecule has 0 aliphatic carbocycles. The van der Waals surface area contributed by atoms with Crippen molar-refractivity contribution in [3.8, 4) is 5.75 Å². The first-order chi connectivity index (χ1) is 12.4. The van der Waals surface area contributed by atoms with E-state index in [1.165, 1.54) is 19.2 Å². The van der Waals surface area contributed by atoms with Crippen molar-refractivity contribution in [3.05, 3.63) is 59.7 Å². The molecule has 0 atom stereocenters. The molecule has 0 saturated carbocycles. The van der Waals surface area contributed by atoms with Crippen LogP contribution in [0.25, 0.3) is 6.08 Å². The Morgan fingerprint density at radius 3 is 2.26 bits per heavy atom. The number of nitrogens with zero attached hydrogens (tertiary/aromatic N) is 1. The fourth-order valence-electron chi connectivity index (χ4n) is 2.68. The van der Waals surface area contributed by atoms with Gasteiger partial charge in [-0.1, -0.05) is 6.08 Å². The summed E-state index contributed by atoms with van der Waals surface area (Å²) in [5.41, 5.74) is -0.565. The van der Waals surface area contributed by atoms with Crippen LogP contribution in [0, 0.1) is 0 Å². The van der Waals surface area contributed by atoms with Crippen LogP contribution in [0.5, 0.6) is 5.75 Å². The van der Waals surface area contributed by atoms with Crippen LogP contribution in [-0.4, -0.2) is 21.1 Å². The van der Waals surface area contributed by atoms with Gasteiger partial charge in [0.1, 0.15) is 11.4 Å². The monoisotopic (exact) mass is 397 g/mol. The minimum absolute atomic E-state index is 0.0246. The molecule has 0 unspecified atom stereocenters. The quantitative estimate of drug-likeness (QED) is 0.753. The molecule has 1 heterocycles. The van der Waals surface area contributed by atoms with Gasteiger partial charge in [-0.2, -0.15) is 13.2 Å². The van der Waals surface area contributed by atoms with Crippen molar-refractivity contribution in [3.63, 3.8) is 0 Å². The van der Waals surface area contributed by atoms with Gasteiger partial charge >= 0.3 is 6.18 Å². The second-order valence-corrected chi connectivity index (χ2v) is 8.72. The second-order valence-electron chi connectivity index (χ2n) is 6.76. The summed E-state index contributed by atoms with van der Waals surface area (Å²) in [7, 11) is -2.64. The molecule has 2 aromatic carbocycles. The first-order valence-corrected chi connectivity index (χ1v) is 9.53. The largest absolute Gasteiger partial charge is 0.483 e. The molecule has 0 spiro atoms. The van der Waals surface area contributed by atoms with Crippen molar-refractivity contribution in [2.24, 2.45) is 0 Å². The van der Waals surface area contributed by atoms with E-state index in [0.29, 0.717) is 11.3 Å². The van der Waals surface area contributed by atoms with Crippen molar-refractivity contribution < 1.29 is 26.3 Å². The Morgan fingerprint density at radius 2 is 1.67 bits per heavy atom. The van der Waals surface area contributed by atoms with Gasteiger partial charge in [0.25, 0.3) is 10.0 Å². The number of fused-ring (bicyclic) bond motifs is 1. The average molecular weight is 397 g/mol. The molecule has 0 amide bonds. The number of alkyl halides is 3. The second kappa shape index (κ2) is 6.30. The van der Waals surface area contributed by atoms with Gasteiger partial charge in [-0.15, -0.1) is 0 Å². The zero-order valence-corrected chi connectivity index (χ0v) is 15.7. The van der Waals surface area contributed by atoms with E-state index < -0.39 is 27.4 Å². The zero-order chi connectivity index (χ0) is 20.0. The number of sulfonamides is 1. The lowest BCUT2D eigenvalue weighted by molar-refractivity contribution is -0.137. The summed E-state index contributed by atoms with van der Waals surface area (Å²) in [4.78, 5) is 0.0246. The van der Waals surface area contributed by atoms with Crippen LogP contribution in [-0.2, 0) is 16.2 Å². The Bertz CT molecular complexity index is 994. The summed E-state index contributed by atoms with van der Waals surface area (Å²) in [5, 5.41) is 0. The molecule has 1 aliphatic heterocycles. The Hall–Kier alpha value is -2.48. The number of hydrogen-bond donors (Lipinski definition) is 0. The topological polar surface area (TPSA) is 46.6 Å². The van der Waals surface area contributed by atoms with Crippen LogP contribution in [0.2, 0.25) is 0 Å². The third-order valence-electron chi connectivity index (χ3n) is 4.24. The number of ether oxygens (including phenoxy) is 1. The lowest BCUT2D eigenvalue weighted by atomic mass is 10.0. The van der Waals surface area contributed by atoms with Crippen LogP contribution >= 0.6 is 0 Å². The molecule has 0 fully saturated rings. The van der Waals surface area contributed by atoms with E-state index in [0.717, 1.165) is 28.6 Å². The van der Waals surface area contributed by atoms with Gasteiger partial charge in [0.05, 0.1) is 16.1 Å². The molecular weight excluding hydrogens is 379 g/mol. The van der Waals surface area contributed by atoms with E-state index in [4.69, 9.17) is 4.74 Å². The van der Waals surface area contributed by atoms with Crippen LogP contribution in [0.1, 0.15) is 25.0 Å². The van der Waals surface area contributed by atoms with Crippen molar-refractivity contribution in [2.45, 2.75) is 30.5 Å². The molecule has 0 N–H and O–H groups in total. The molecule has 8 heteroatoms. The fourth-order valence-corrected chi connectivity index (χ4v) is 3.91. The van der Waals surface area contributed by atoms with Crippen LogP contribution in [0.15, 0.2) is 53.4 Å². The maximum absolute atomic E-state index is 12.9. The fraction of sp³-hybridized carbons (Fsp3) is 0.263. The first-order valence-electron chi connectivity index (χ1n) is 8.09. The molecule has 0 radical (unpaired) electrons. The Balaban J connectivity index is 1.92.